The molecular weight excluding hydrogens is 302 g/mol. The number of amides is 1. The number of carbonyl (C=O) groups excluding carboxylic acids is 1. The average molecular weight is 323 g/mol. The maximum Gasteiger partial charge on any atom is 0.303 e. The molecule has 6 nitrogen and oxygen atoms in total. The van der Waals surface area contributed by atoms with E-state index in [2.05, 4.69) is 24.3 Å². The Kier molecular flexibility index (Phi) is 4.85. The molecule has 0 aliphatic rings. The first-order valence-electron chi connectivity index (χ1n) is 7.28. The molecule has 22 heavy (non-hydrogen) atoms. The van der Waals surface area contributed by atoms with Crippen LogP contribution < -0.4 is 5.32 Å². The Labute approximate surface area is 133 Å². The van der Waals surface area contributed by atoms with Crippen molar-refractivity contribution in [2.24, 2.45) is 7.05 Å². The second-order valence-corrected chi connectivity index (χ2v) is 6.83. The van der Waals surface area contributed by atoms with Gasteiger partial charge in [0.1, 0.15) is 4.83 Å². The Morgan fingerprint density at radius 3 is 2.68 bits per heavy atom. The van der Waals surface area contributed by atoms with Crippen LogP contribution in [-0.4, -0.2) is 32.8 Å². The molecule has 2 N–H and O–H groups in total. The van der Waals surface area contributed by atoms with Gasteiger partial charge in [0, 0.05) is 24.9 Å². The number of carboxylic acids is 1. The van der Waals surface area contributed by atoms with Gasteiger partial charge in [-0.15, -0.1) is 11.3 Å². The predicted octanol–water partition coefficient (Wildman–Crippen LogP) is 2.74. The maximum absolute atomic E-state index is 12.3. The lowest BCUT2D eigenvalue weighted by molar-refractivity contribution is -0.137. The molecule has 2 rings (SSSR count). The minimum absolute atomic E-state index is 0.0509. The van der Waals surface area contributed by atoms with Crippen LogP contribution in [0.1, 0.15) is 54.9 Å². The molecule has 1 amide bonds. The van der Waals surface area contributed by atoms with Gasteiger partial charge in [0.25, 0.3) is 5.91 Å². The number of nitrogens with zero attached hydrogens (tertiary/aromatic N) is 2. The quantitative estimate of drug-likeness (QED) is 0.856. The molecule has 0 aliphatic carbocycles. The smallest absolute Gasteiger partial charge is 0.303 e. The second kappa shape index (κ2) is 6.48. The summed E-state index contributed by atoms with van der Waals surface area (Å²) in [5.74, 6) is -0.715. The van der Waals surface area contributed by atoms with Gasteiger partial charge in [-0.3, -0.25) is 14.3 Å². The van der Waals surface area contributed by atoms with Gasteiger partial charge in [0.05, 0.1) is 10.6 Å². The number of nitrogens with one attached hydrogen (secondary N) is 1. The molecule has 2 aromatic heterocycles. The fourth-order valence-corrected chi connectivity index (χ4v) is 3.29. The van der Waals surface area contributed by atoms with Gasteiger partial charge in [0.2, 0.25) is 0 Å². The first-order chi connectivity index (χ1) is 10.3. The Hall–Kier alpha value is -1.89. The Bertz CT molecular complexity index is 702. The zero-order chi connectivity index (χ0) is 16.4. The minimum atomic E-state index is -0.851. The van der Waals surface area contributed by atoms with E-state index in [0.29, 0.717) is 17.2 Å². The molecule has 1 unspecified atom stereocenters. The summed E-state index contributed by atoms with van der Waals surface area (Å²) in [6.07, 6.45) is 0.472. The molecule has 2 aromatic rings. The fraction of sp³-hybridized carbons (Fsp3) is 0.533. The largest absolute Gasteiger partial charge is 0.481 e. The molecule has 7 heteroatoms. The van der Waals surface area contributed by atoms with Crippen molar-refractivity contribution in [1.82, 2.24) is 15.1 Å². The molecule has 0 bridgehead atoms. The van der Waals surface area contributed by atoms with E-state index in [1.807, 2.05) is 20.0 Å². The molecule has 0 saturated heterocycles. The fourth-order valence-electron chi connectivity index (χ4n) is 2.31. The molecule has 0 aliphatic heterocycles. The third-order valence-corrected chi connectivity index (χ3v) is 4.68. The molecular formula is C15H21N3O3S. The van der Waals surface area contributed by atoms with E-state index in [1.165, 1.54) is 11.3 Å². The molecule has 0 fully saturated rings. The van der Waals surface area contributed by atoms with Crippen LogP contribution in [0.3, 0.4) is 0 Å². The highest BCUT2D eigenvalue weighted by atomic mass is 32.1. The summed E-state index contributed by atoms with van der Waals surface area (Å²) in [6.45, 7) is 5.97. The van der Waals surface area contributed by atoms with E-state index in [4.69, 9.17) is 5.11 Å². The Morgan fingerprint density at radius 1 is 1.41 bits per heavy atom. The summed E-state index contributed by atoms with van der Waals surface area (Å²) in [5, 5.41) is 17.0. The number of carboxylic acid groups (broad SMARTS) is 1. The summed E-state index contributed by atoms with van der Waals surface area (Å²) < 4.78 is 1.81. The van der Waals surface area contributed by atoms with E-state index in [9.17, 15) is 9.59 Å². The van der Waals surface area contributed by atoms with Gasteiger partial charge in [-0.2, -0.15) is 5.10 Å². The van der Waals surface area contributed by atoms with Gasteiger partial charge in [-0.25, -0.2) is 0 Å². The van der Waals surface area contributed by atoms with Gasteiger partial charge in [-0.1, -0.05) is 13.8 Å². The number of aliphatic carboxylic acids is 1. The van der Waals surface area contributed by atoms with E-state index >= 15 is 0 Å². The van der Waals surface area contributed by atoms with Crippen molar-refractivity contribution in [2.75, 3.05) is 0 Å². The van der Waals surface area contributed by atoms with Gasteiger partial charge < -0.3 is 10.4 Å². The van der Waals surface area contributed by atoms with E-state index < -0.39 is 5.97 Å². The standard InChI is InChI=1S/C15H21N3O3S/c1-8(2)13-10-7-11(22-15(10)18(4)17-13)14(21)16-9(3)5-6-12(19)20/h7-9H,5-6H2,1-4H3,(H,16,21)(H,19,20). The lowest BCUT2D eigenvalue weighted by Crippen LogP contribution is -2.32. The number of fused-ring (bicyclic) bond motifs is 1. The Morgan fingerprint density at radius 2 is 2.09 bits per heavy atom. The van der Waals surface area contributed by atoms with Crippen LogP contribution in [0.15, 0.2) is 6.07 Å². The van der Waals surface area contributed by atoms with Gasteiger partial charge in [-0.05, 0) is 25.3 Å². The van der Waals surface area contributed by atoms with Crippen LogP contribution in [0, 0.1) is 0 Å². The predicted molar refractivity (Wildman–Crippen MR) is 86.5 cm³/mol. The van der Waals surface area contributed by atoms with E-state index in [-0.39, 0.29) is 18.4 Å². The van der Waals surface area contributed by atoms with E-state index in [1.54, 1.807) is 4.68 Å². The molecule has 0 spiro atoms. The van der Waals surface area contributed by atoms with Crippen molar-refractivity contribution in [3.63, 3.8) is 0 Å². The number of hydrogen-bond acceptors (Lipinski definition) is 4. The lowest BCUT2D eigenvalue weighted by atomic mass is 10.1. The zero-order valence-electron chi connectivity index (χ0n) is 13.2. The summed E-state index contributed by atoms with van der Waals surface area (Å²) in [5.41, 5.74) is 0.992. The molecule has 0 radical (unpaired) electrons. The Balaban J connectivity index is 2.15. The highest BCUT2D eigenvalue weighted by Crippen LogP contribution is 2.31. The SMILES string of the molecule is CC(CCC(=O)O)NC(=O)c1cc2c(C(C)C)nn(C)c2s1. The first kappa shape index (κ1) is 16.5. The van der Waals surface area contributed by atoms with Crippen molar-refractivity contribution in [1.29, 1.82) is 0 Å². The van der Waals surface area contributed by atoms with Crippen molar-refractivity contribution in [2.45, 2.75) is 45.6 Å². The monoisotopic (exact) mass is 323 g/mol. The van der Waals surface area contributed by atoms with Crippen LogP contribution in [0.2, 0.25) is 0 Å². The molecule has 120 valence electrons. The van der Waals surface area contributed by atoms with Crippen LogP contribution >= 0.6 is 11.3 Å². The molecule has 0 saturated carbocycles. The average Bonchev–Trinajstić information content (AvgIpc) is 2.97. The summed E-state index contributed by atoms with van der Waals surface area (Å²) >= 11 is 1.41. The highest BCUT2D eigenvalue weighted by Gasteiger charge is 2.19. The second-order valence-electron chi connectivity index (χ2n) is 5.80. The van der Waals surface area contributed by atoms with E-state index in [0.717, 1.165) is 15.9 Å². The number of aromatic nitrogens is 2. The van der Waals surface area contributed by atoms with Crippen molar-refractivity contribution in [3.05, 3.63) is 16.6 Å². The molecule has 2 heterocycles. The van der Waals surface area contributed by atoms with Crippen LogP contribution in [0.5, 0.6) is 0 Å². The van der Waals surface area contributed by atoms with Crippen molar-refractivity contribution < 1.29 is 14.7 Å². The first-order valence-corrected chi connectivity index (χ1v) is 8.10. The summed E-state index contributed by atoms with van der Waals surface area (Å²) in [4.78, 5) is 24.5. The zero-order valence-corrected chi connectivity index (χ0v) is 14.0. The van der Waals surface area contributed by atoms with Crippen molar-refractivity contribution in [3.8, 4) is 0 Å². The minimum Gasteiger partial charge on any atom is -0.481 e. The molecule has 0 aromatic carbocycles. The van der Waals surface area contributed by atoms with Gasteiger partial charge >= 0.3 is 5.97 Å². The van der Waals surface area contributed by atoms with Crippen LogP contribution in [0.25, 0.3) is 10.2 Å². The third kappa shape index (κ3) is 3.47. The maximum atomic E-state index is 12.3. The number of thiophene rings is 1. The van der Waals surface area contributed by atoms with Crippen LogP contribution in [0.4, 0.5) is 0 Å². The topological polar surface area (TPSA) is 84.2 Å². The highest BCUT2D eigenvalue weighted by molar-refractivity contribution is 7.20. The van der Waals surface area contributed by atoms with Crippen LogP contribution in [-0.2, 0) is 11.8 Å². The number of rotatable bonds is 6. The van der Waals surface area contributed by atoms with Crippen molar-refractivity contribution >= 4 is 33.4 Å². The number of aryl methyl sites for hydroxylation is 1. The summed E-state index contributed by atoms with van der Waals surface area (Å²) in [6, 6.07) is 1.71. The lowest BCUT2D eigenvalue weighted by Gasteiger charge is -2.11. The normalized spacial score (nSPS) is 12.8. The summed E-state index contributed by atoms with van der Waals surface area (Å²) in [7, 11) is 1.88. The number of hydrogen-bond donors (Lipinski definition) is 2. The van der Waals surface area contributed by atoms with Gasteiger partial charge in [0.15, 0.2) is 0 Å². The molecule has 1 atom stereocenters. The number of carbonyl (C=O) groups is 2. The third-order valence-electron chi connectivity index (χ3n) is 3.48.